The zero-order valence-corrected chi connectivity index (χ0v) is 19.0. The number of anilines is 1. The van der Waals surface area contributed by atoms with Gasteiger partial charge >= 0.3 is 0 Å². The molecule has 0 bridgehead atoms. The number of carbonyl (C=O) groups excluding carboxylic acids is 3. The summed E-state index contributed by atoms with van der Waals surface area (Å²) in [6.07, 6.45) is 5.24. The Balaban J connectivity index is 1.44. The molecule has 2 aliphatic rings. The number of aryl methyl sites for hydroxylation is 1. The van der Waals surface area contributed by atoms with Crippen LogP contribution >= 0.6 is 27.3 Å². The molecule has 0 saturated carbocycles. The molecule has 0 spiro atoms. The highest BCUT2D eigenvalue weighted by molar-refractivity contribution is 9.11. The van der Waals surface area contributed by atoms with E-state index >= 15 is 0 Å². The van der Waals surface area contributed by atoms with Crippen LogP contribution in [0.5, 0.6) is 0 Å². The lowest BCUT2D eigenvalue weighted by molar-refractivity contribution is -0.117. The van der Waals surface area contributed by atoms with Gasteiger partial charge in [0.25, 0.3) is 11.8 Å². The van der Waals surface area contributed by atoms with Gasteiger partial charge in [-0.1, -0.05) is 12.2 Å². The lowest BCUT2D eigenvalue weighted by Crippen LogP contribution is -2.37. The summed E-state index contributed by atoms with van der Waals surface area (Å²) in [6, 6.07) is 8.85. The van der Waals surface area contributed by atoms with Crippen LogP contribution in [0.4, 0.5) is 5.69 Å². The first-order chi connectivity index (χ1) is 14.4. The molecule has 1 N–H and O–H groups in total. The molecule has 2 aromatic rings. The van der Waals surface area contributed by atoms with Gasteiger partial charge in [-0.2, -0.15) is 0 Å². The fourth-order valence-electron chi connectivity index (χ4n) is 3.80. The summed E-state index contributed by atoms with van der Waals surface area (Å²) in [5.41, 5.74) is 2.26. The number of carbonyl (C=O) groups is 3. The van der Waals surface area contributed by atoms with Crippen molar-refractivity contribution < 1.29 is 14.4 Å². The number of benzene rings is 1. The van der Waals surface area contributed by atoms with E-state index in [1.54, 1.807) is 17.0 Å². The maximum atomic E-state index is 12.8. The summed E-state index contributed by atoms with van der Waals surface area (Å²) in [5, 5.41) is 2.95. The molecule has 0 aliphatic carbocycles. The van der Waals surface area contributed by atoms with Crippen LogP contribution in [0, 0.1) is 6.92 Å². The molecule has 2 aliphatic heterocycles. The van der Waals surface area contributed by atoms with Gasteiger partial charge in [0.05, 0.1) is 14.7 Å². The Labute approximate surface area is 187 Å². The molecule has 1 saturated heterocycles. The first-order valence-corrected chi connectivity index (χ1v) is 11.4. The molecule has 8 heteroatoms. The zero-order valence-electron chi connectivity index (χ0n) is 16.6. The topological polar surface area (TPSA) is 69.7 Å². The molecule has 1 fully saturated rings. The lowest BCUT2D eigenvalue weighted by atomic mass is 10.1. The fourth-order valence-corrected chi connectivity index (χ4v) is 5.09. The van der Waals surface area contributed by atoms with Crippen LogP contribution in [0.2, 0.25) is 0 Å². The van der Waals surface area contributed by atoms with Gasteiger partial charge in [-0.3, -0.25) is 14.4 Å². The van der Waals surface area contributed by atoms with Crippen molar-refractivity contribution in [3.63, 3.8) is 0 Å². The second-order valence-corrected chi connectivity index (χ2v) is 9.96. The van der Waals surface area contributed by atoms with Crippen LogP contribution < -0.4 is 10.2 Å². The molecule has 4 rings (SSSR count). The van der Waals surface area contributed by atoms with Gasteiger partial charge in [0.2, 0.25) is 5.91 Å². The molecule has 30 heavy (non-hydrogen) atoms. The SMILES string of the molecule is Cc1cc(N2CC(NC(=O)c3ccc(Br)s3)CC2=O)ccc1C(=O)N1CC=CCC1. The maximum absolute atomic E-state index is 12.8. The molecule has 1 aromatic carbocycles. The number of nitrogens with zero attached hydrogens (tertiary/aromatic N) is 2. The third kappa shape index (κ3) is 4.34. The van der Waals surface area contributed by atoms with Crippen molar-refractivity contribution in [3.8, 4) is 0 Å². The molecule has 3 amide bonds. The Morgan fingerprint density at radius 1 is 1.20 bits per heavy atom. The number of thiophene rings is 1. The van der Waals surface area contributed by atoms with E-state index in [9.17, 15) is 14.4 Å². The van der Waals surface area contributed by atoms with E-state index in [1.807, 2.05) is 36.1 Å². The number of nitrogens with one attached hydrogen (secondary N) is 1. The van der Waals surface area contributed by atoms with Crippen molar-refractivity contribution in [1.29, 1.82) is 0 Å². The maximum Gasteiger partial charge on any atom is 0.261 e. The quantitative estimate of drug-likeness (QED) is 0.667. The highest BCUT2D eigenvalue weighted by Gasteiger charge is 2.32. The van der Waals surface area contributed by atoms with Gasteiger partial charge < -0.3 is 15.1 Å². The van der Waals surface area contributed by atoms with E-state index < -0.39 is 0 Å². The summed E-state index contributed by atoms with van der Waals surface area (Å²) in [4.78, 5) is 41.9. The van der Waals surface area contributed by atoms with E-state index in [-0.39, 0.29) is 30.2 Å². The van der Waals surface area contributed by atoms with Crippen molar-refractivity contribution in [2.24, 2.45) is 0 Å². The predicted octanol–water partition coefficient (Wildman–Crippen LogP) is 3.76. The third-order valence-corrected chi connectivity index (χ3v) is 6.98. The predicted molar refractivity (Wildman–Crippen MR) is 121 cm³/mol. The highest BCUT2D eigenvalue weighted by atomic mass is 79.9. The summed E-state index contributed by atoms with van der Waals surface area (Å²) >= 11 is 4.72. The van der Waals surface area contributed by atoms with Gasteiger partial charge in [-0.05, 0) is 65.2 Å². The minimum Gasteiger partial charge on any atom is -0.346 e. The minimum atomic E-state index is -0.243. The van der Waals surface area contributed by atoms with Gasteiger partial charge in [-0.25, -0.2) is 0 Å². The number of halogens is 1. The lowest BCUT2D eigenvalue weighted by Gasteiger charge is -2.25. The molecule has 3 heterocycles. The van der Waals surface area contributed by atoms with Crippen LogP contribution in [0.3, 0.4) is 0 Å². The highest BCUT2D eigenvalue weighted by Crippen LogP contribution is 2.26. The summed E-state index contributed by atoms with van der Waals surface area (Å²) in [7, 11) is 0. The van der Waals surface area contributed by atoms with E-state index in [0.717, 1.165) is 28.0 Å². The van der Waals surface area contributed by atoms with E-state index in [4.69, 9.17) is 0 Å². The minimum absolute atomic E-state index is 0.0170. The van der Waals surface area contributed by atoms with Crippen LogP contribution in [0.1, 0.15) is 38.4 Å². The summed E-state index contributed by atoms with van der Waals surface area (Å²) < 4.78 is 0.891. The third-order valence-electron chi connectivity index (χ3n) is 5.35. The standard InChI is InChI=1S/C22H22BrN3O3S/c1-14-11-16(5-6-17(14)22(29)25-9-3-2-4-10-25)26-13-15(12-20(26)27)24-21(28)18-7-8-19(23)30-18/h2-3,5-8,11,15H,4,9-10,12-13H2,1H3,(H,24,28). The van der Waals surface area contributed by atoms with Crippen LogP contribution in [0.25, 0.3) is 0 Å². The number of hydrogen-bond donors (Lipinski definition) is 1. The molecule has 0 radical (unpaired) electrons. The largest absolute Gasteiger partial charge is 0.346 e. The molecular weight excluding hydrogens is 466 g/mol. The molecule has 1 unspecified atom stereocenters. The van der Waals surface area contributed by atoms with E-state index in [1.165, 1.54) is 11.3 Å². The molecule has 156 valence electrons. The zero-order chi connectivity index (χ0) is 21.3. The van der Waals surface area contributed by atoms with E-state index in [2.05, 4.69) is 27.3 Å². The Morgan fingerprint density at radius 2 is 2.03 bits per heavy atom. The Morgan fingerprint density at radius 3 is 2.70 bits per heavy atom. The average Bonchev–Trinajstić information content (AvgIpc) is 3.33. The van der Waals surface area contributed by atoms with Crippen LogP contribution in [-0.2, 0) is 4.79 Å². The fraction of sp³-hybridized carbons (Fsp3) is 0.318. The monoisotopic (exact) mass is 487 g/mol. The summed E-state index contributed by atoms with van der Waals surface area (Å²) in [6.45, 7) is 3.67. The van der Waals surface area contributed by atoms with Crippen molar-refractivity contribution >= 4 is 50.7 Å². The molecule has 1 aromatic heterocycles. The smallest absolute Gasteiger partial charge is 0.261 e. The average molecular weight is 488 g/mol. The van der Waals surface area contributed by atoms with Gasteiger partial charge in [0.15, 0.2) is 0 Å². The van der Waals surface area contributed by atoms with Gasteiger partial charge in [0.1, 0.15) is 0 Å². The second-order valence-electron chi connectivity index (χ2n) is 7.49. The number of amides is 3. The number of rotatable bonds is 4. The first kappa shape index (κ1) is 20.8. The van der Waals surface area contributed by atoms with Crippen molar-refractivity contribution in [2.45, 2.75) is 25.8 Å². The van der Waals surface area contributed by atoms with Gasteiger partial charge in [-0.15, -0.1) is 11.3 Å². The normalized spacial score (nSPS) is 18.7. The first-order valence-electron chi connectivity index (χ1n) is 9.84. The number of hydrogen-bond acceptors (Lipinski definition) is 4. The van der Waals surface area contributed by atoms with Crippen molar-refractivity contribution in [3.05, 3.63) is 62.3 Å². The van der Waals surface area contributed by atoms with Gasteiger partial charge in [0, 0.05) is 37.3 Å². The molecule has 1 atom stereocenters. The van der Waals surface area contributed by atoms with Crippen LogP contribution in [0.15, 0.2) is 46.3 Å². The Hall–Kier alpha value is -2.45. The molecular formula is C22H22BrN3O3S. The molecule has 6 nitrogen and oxygen atoms in total. The Kier molecular flexibility index (Phi) is 6.06. The van der Waals surface area contributed by atoms with Crippen LogP contribution in [-0.4, -0.2) is 48.3 Å². The van der Waals surface area contributed by atoms with Crippen molar-refractivity contribution in [1.82, 2.24) is 10.2 Å². The summed E-state index contributed by atoms with van der Waals surface area (Å²) in [5.74, 6) is -0.186. The van der Waals surface area contributed by atoms with Crippen molar-refractivity contribution in [2.75, 3.05) is 24.5 Å². The Bertz CT molecular complexity index is 1030. The van der Waals surface area contributed by atoms with E-state index in [0.29, 0.717) is 23.5 Å². The second kappa shape index (κ2) is 8.73.